The molecule has 0 aliphatic heterocycles. The van der Waals surface area contributed by atoms with E-state index in [1.165, 1.54) is 0 Å². The third-order valence-corrected chi connectivity index (χ3v) is 5.82. The molecule has 0 radical (unpaired) electrons. The number of benzene rings is 1. The highest BCUT2D eigenvalue weighted by Crippen LogP contribution is 2.31. The molecule has 1 fully saturated rings. The third-order valence-electron chi connectivity index (χ3n) is 5.82. The summed E-state index contributed by atoms with van der Waals surface area (Å²) < 4.78 is 1.74. The van der Waals surface area contributed by atoms with Gasteiger partial charge in [0.05, 0.1) is 6.61 Å². The van der Waals surface area contributed by atoms with Crippen molar-refractivity contribution in [2.24, 2.45) is 0 Å². The zero-order valence-electron chi connectivity index (χ0n) is 17.0. The minimum atomic E-state index is -0.292. The first-order valence-corrected chi connectivity index (χ1v) is 10.5. The van der Waals surface area contributed by atoms with E-state index in [2.05, 4.69) is 20.3 Å². The van der Waals surface area contributed by atoms with Crippen molar-refractivity contribution in [2.45, 2.75) is 38.3 Å². The van der Waals surface area contributed by atoms with Gasteiger partial charge in [0.1, 0.15) is 11.5 Å². The Bertz CT molecular complexity index is 1260. The lowest BCUT2D eigenvalue weighted by Gasteiger charge is -2.17. The van der Waals surface area contributed by atoms with Crippen LogP contribution in [0.3, 0.4) is 0 Å². The molecule has 0 bridgehead atoms. The number of aliphatic hydroxyl groups is 1. The Hall–Kier alpha value is -3.58. The molecule has 3 heterocycles. The number of fused-ring (bicyclic) bond motifs is 1. The summed E-state index contributed by atoms with van der Waals surface area (Å²) in [5.74, 6) is 1.01. The Morgan fingerprint density at radius 2 is 1.81 bits per heavy atom. The molecule has 7 nitrogen and oxygen atoms in total. The molecule has 7 heteroatoms. The fourth-order valence-electron chi connectivity index (χ4n) is 4.24. The molecule has 5 rings (SSSR count). The van der Waals surface area contributed by atoms with Crippen LogP contribution in [-0.4, -0.2) is 24.6 Å². The van der Waals surface area contributed by atoms with Gasteiger partial charge in [0.15, 0.2) is 0 Å². The van der Waals surface area contributed by atoms with Crippen LogP contribution < -0.4 is 10.9 Å². The molecule has 156 valence electrons. The van der Waals surface area contributed by atoms with E-state index in [1.807, 2.05) is 42.5 Å². The summed E-state index contributed by atoms with van der Waals surface area (Å²) >= 11 is 0. The highest BCUT2D eigenvalue weighted by atomic mass is 16.3. The first-order chi connectivity index (χ1) is 15.2. The normalized spacial score (nSPS) is 14.2. The number of pyridine rings is 2. The molecule has 0 unspecified atom stereocenters. The van der Waals surface area contributed by atoms with Crippen LogP contribution >= 0.6 is 0 Å². The van der Waals surface area contributed by atoms with Crippen LogP contribution in [0.15, 0.2) is 65.7 Å². The van der Waals surface area contributed by atoms with E-state index >= 15 is 0 Å². The fraction of sp³-hybridized carbons (Fsp3) is 0.250. The summed E-state index contributed by atoms with van der Waals surface area (Å²) in [5.41, 5.74) is 2.92. The van der Waals surface area contributed by atoms with Crippen molar-refractivity contribution in [1.82, 2.24) is 19.5 Å². The third kappa shape index (κ3) is 3.80. The largest absolute Gasteiger partial charge is 0.391 e. The molecule has 1 aromatic carbocycles. The molecule has 1 aliphatic carbocycles. The van der Waals surface area contributed by atoms with E-state index in [0.717, 1.165) is 42.2 Å². The number of hydrogen-bond donors (Lipinski definition) is 2. The lowest BCUT2D eigenvalue weighted by molar-refractivity contribution is 0.279. The summed E-state index contributed by atoms with van der Waals surface area (Å²) in [6.07, 6.45) is 7.57. The highest BCUT2D eigenvalue weighted by molar-refractivity contribution is 5.76. The molecule has 0 atom stereocenters. The molecule has 1 aliphatic rings. The molecule has 3 aromatic heterocycles. The summed E-state index contributed by atoms with van der Waals surface area (Å²) in [6.45, 7) is -0.292. The van der Waals surface area contributed by atoms with Crippen molar-refractivity contribution in [3.8, 4) is 11.1 Å². The molecule has 1 saturated carbocycles. The van der Waals surface area contributed by atoms with E-state index in [1.54, 1.807) is 23.0 Å². The molecule has 0 spiro atoms. The van der Waals surface area contributed by atoms with Gasteiger partial charge in [-0.1, -0.05) is 43.2 Å². The van der Waals surface area contributed by atoms with Gasteiger partial charge in [0, 0.05) is 34.9 Å². The Labute approximate surface area is 179 Å². The van der Waals surface area contributed by atoms with Crippen LogP contribution in [-0.2, 0) is 6.61 Å². The molecule has 0 amide bonds. The number of aliphatic hydroxyl groups excluding tert-OH is 1. The molecular formula is C24H23N5O2. The molecule has 0 saturated heterocycles. The first-order valence-electron chi connectivity index (χ1n) is 10.5. The van der Waals surface area contributed by atoms with Gasteiger partial charge in [-0.15, -0.1) is 0 Å². The first kappa shape index (κ1) is 19.4. The number of anilines is 2. The standard InChI is InChI=1S/C24H23N5O2/c30-15-19-12-18-14-26-24(28-22(18)29(23(19)31)20-8-4-5-9-20)27-21-11-10-17(13-25-21)16-6-2-1-3-7-16/h1-3,6-7,10-14,20,30H,4-5,8-9,15H2,(H,25,26,27,28). The SMILES string of the molecule is O=c1c(CO)cc2cnc(Nc3ccc(-c4ccccc4)cn3)nc2n1C1CCCC1. The Morgan fingerprint density at radius 1 is 1.00 bits per heavy atom. The number of nitrogens with zero attached hydrogens (tertiary/aromatic N) is 4. The predicted molar refractivity (Wildman–Crippen MR) is 120 cm³/mol. The lowest BCUT2D eigenvalue weighted by atomic mass is 10.1. The van der Waals surface area contributed by atoms with E-state index in [-0.39, 0.29) is 18.2 Å². The predicted octanol–water partition coefficient (Wildman–Crippen LogP) is 4.20. The monoisotopic (exact) mass is 413 g/mol. The Morgan fingerprint density at radius 3 is 2.52 bits per heavy atom. The molecule has 4 aromatic rings. The van der Waals surface area contributed by atoms with Crippen molar-refractivity contribution in [2.75, 3.05) is 5.32 Å². The van der Waals surface area contributed by atoms with E-state index in [4.69, 9.17) is 0 Å². The van der Waals surface area contributed by atoms with Crippen molar-refractivity contribution in [3.63, 3.8) is 0 Å². The number of rotatable bonds is 5. The average Bonchev–Trinajstić information content (AvgIpc) is 3.34. The maximum absolute atomic E-state index is 13.0. The van der Waals surface area contributed by atoms with Crippen molar-refractivity contribution < 1.29 is 5.11 Å². The number of nitrogens with one attached hydrogen (secondary N) is 1. The van der Waals surface area contributed by atoms with E-state index < -0.39 is 0 Å². The second-order valence-electron chi connectivity index (χ2n) is 7.84. The van der Waals surface area contributed by atoms with Gasteiger partial charge < -0.3 is 10.4 Å². The summed E-state index contributed by atoms with van der Waals surface area (Å²) in [5, 5.41) is 13.5. The summed E-state index contributed by atoms with van der Waals surface area (Å²) in [6, 6.07) is 15.7. The van der Waals surface area contributed by atoms with Gasteiger partial charge >= 0.3 is 0 Å². The smallest absolute Gasteiger partial charge is 0.258 e. The van der Waals surface area contributed by atoms with Crippen molar-refractivity contribution in [1.29, 1.82) is 0 Å². The Kier molecular flexibility index (Phi) is 5.18. The topological polar surface area (TPSA) is 92.9 Å². The quantitative estimate of drug-likeness (QED) is 0.509. The van der Waals surface area contributed by atoms with Crippen LogP contribution in [0.5, 0.6) is 0 Å². The van der Waals surface area contributed by atoms with Gasteiger partial charge in [-0.3, -0.25) is 9.36 Å². The van der Waals surface area contributed by atoms with Crippen molar-refractivity contribution >= 4 is 22.8 Å². The zero-order chi connectivity index (χ0) is 21.2. The van der Waals surface area contributed by atoms with Crippen molar-refractivity contribution in [3.05, 3.63) is 76.8 Å². The maximum atomic E-state index is 13.0. The lowest BCUT2D eigenvalue weighted by Crippen LogP contribution is -2.27. The number of hydrogen-bond acceptors (Lipinski definition) is 6. The molecular weight excluding hydrogens is 390 g/mol. The van der Waals surface area contributed by atoms with Crippen LogP contribution in [0.25, 0.3) is 22.2 Å². The zero-order valence-corrected chi connectivity index (χ0v) is 17.0. The average molecular weight is 413 g/mol. The van der Waals surface area contributed by atoms with Gasteiger partial charge in [0.25, 0.3) is 5.56 Å². The maximum Gasteiger partial charge on any atom is 0.258 e. The highest BCUT2D eigenvalue weighted by Gasteiger charge is 2.22. The summed E-state index contributed by atoms with van der Waals surface area (Å²) in [4.78, 5) is 26.5. The van der Waals surface area contributed by atoms with Gasteiger partial charge in [-0.25, -0.2) is 9.97 Å². The fourth-order valence-corrected chi connectivity index (χ4v) is 4.24. The van der Waals surface area contributed by atoms with Crippen LogP contribution in [0, 0.1) is 0 Å². The number of aromatic nitrogens is 4. The van der Waals surface area contributed by atoms with Gasteiger partial charge in [0.2, 0.25) is 5.95 Å². The van der Waals surface area contributed by atoms with E-state index in [9.17, 15) is 9.90 Å². The molecule has 2 N–H and O–H groups in total. The van der Waals surface area contributed by atoms with E-state index in [0.29, 0.717) is 23.0 Å². The van der Waals surface area contributed by atoms with Gasteiger partial charge in [-0.05, 0) is 36.6 Å². The minimum absolute atomic E-state index is 0.104. The van der Waals surface area contributed by atoms with Gasteiger partial charge in [-0.2, -0.15) is 4.98 Å². The van der Waals surface area contributed by atoms with Crippen LogP contribution in [0.2, 0.25) is 0 Å². The summed E-state index contributed by atoms with van der Waals surface area (Å²) in [7, 11) is 0. The minimum Gasteiger partial charge on any atom is -0.391 e. The second-order valence-corrected chi connectivity index (χ2v) is 7.84. The molecule has 31 heavy (non-hydrogen) atoms. The van der Waals surface area contributed by atoms with Crippen LogP contribution in [0.4, 0.5) is 11.8 Å². The van der Waals surface area contributed by atoms with Crippen LogP contribution in [0.1, 0.15) is 37.3 Å². The second kappa shape index (κ2) is 8.28. The Balaban J connectivity index is 1.49.